The van der Waals surface area contributed by atoms with Gasteiger partial charge in [-0.3, -0.25) is 4.79 Å². The lowest BCUT2D eigenvalue weighted by Gasteiger charge is -2.12. The minimum atomic E-state index is -1.18. The van der Waals surface area contributed by atoms with Gasteiger partial charge in [0.1, 0.15) is 5.82 Å². The van der Waals surface area contributed by atoms with Crippen molar-refractivity contribution in [3.8, 4) is 0 Å². The molecule has 0 saturated heterocycles. The van der Waals surface area contributed by atoms with Gasteiger partial charge in [-0.2, -0.15) is 0 Å². The van der Waals surface area contributed by atoms with Crippen LogP contribution in [0.15, 0.2) is 18.2 Å². The van der Waals surface area contributed by atoms with E-state index in [1.165, 1.54) is 0 Å². The fourth-order valence-electron chi connectivity index (χ4n) is 1.61. The molecular formula is C13H17FN2O3. The zero-order chi connectivity index (χ0) is 14.4. The van der Waals surface area contributed by atoms with Crippen LogP contribution in [-0.4, -0.2) is 23.5 Å². The molecule has 0 saturated carbocycles. The van der Waals surface area contributed by atoms with Crippen molar-refractivity contribution >= 4 is 17.6 Å². The highest BCUT2D eigenvalue weighted by atomic mass is 19.1. The molecule has 0 aromatic heterocycles. The lowest BCUT2D eigenvalue weighted by Crippen LogP contribution is -2.22. The first-order chi connectivity index (χ1) is 8.97. The van der Waals surface area contributed by atoms with Crippen LogP contribution in [0.25, 0.3) is 0 Å². The first kappa shape index (κ1) is 15.1. The molecule has 0 radical (unpaired) electrons. The number of anilines is 1. The highest BCUT2D eigenvalue weighted by Gasteiger charge is 2.14. The summed E-state index contributed by atoms with van der Waals surface area (Å²) in [5, 5.41) is 11.2. The molecule has 1 rings (SSSR count). The van der Waals surface area contributed by atoms with E-state index in [1.54, 1.807) is 0 Å². The third kappa shape index (κ3) is 4.33. The Labute approximate surface area is 110 Å². The van der Waals surface area contributed by atoms with Crippen molar-refractivity contribution in [1.29, 1.82) is 0 Å². The summed E-state index contributed by atoms with van der Waals surface area (Å²) in [7, 11) is 0. The summed E-state index contributed by atoms with van der Waals surface area (Å²) in [6.07, 6.45) is 0.936. The number of carbonyl (C=O) groups is 2. The lowest BCUT2D eigenvalue weighted by atomic mass is 10.0. The quantitative estimate of drug-likeness (QED) is 0.734. The summed E-state index contributed by atoms with van der Waals surface area (Å²) in [6, 6.07) is 3.25. The smallest absolute Gasteiger partial charge is 0.335 e. The van der Waals surface area contributed by atoms with Crippen molar-refractivity contribution in [3.05, 3.63) is 29.6 Å². The van der Waals surface area contributed by atoms with Crippen molar-refractivity contribution in [2.24, 2.45) is 11.7 Å². The standard InChI is InChI=1S/C13H17FN2O3/c1-2-8(7-15)5-12(17)16-11-6-9(13(18)19)3-4-10(11)14/h3-4,6,8H,2,5,7,15H2,1H3,(H,16,17)(H,18,19). The fraction of sp³-hybridized carbons (Fsp3) is 0.385. The molecule has 5 nitrogen and oxygen atoms in total. The maximum Gasteiger partial charge on any atom is 0.335 e. The predicted molar refractivity (Wildman–Crippen MR) is 69.4 cm³/mol. The van der Waals surface area contributed by atoms with Crippen LogP contribution in [0.3, 0.4) is 0 Å². The van der Waals surface area contributed by atoms with Gasteiger partial charge in [0.05, 0.1) is 11.3 Å². The maximum atomic E-state index is 13.5. The molecule has 1 aromatic rings. The van der Waals surface area contributed by atoms with E-state index in [1.807, 2.05) is 6.92 Å². The highest BCUT2D eigenvalue weighted by Crippen LogP contribution is 2.17. The molecule has 0 aliphatic heterocycles. The average molecular weight is 268 g/mol. The van der Waals surface area contributed by atoms with Crippen LogP contribution in [0, 0.1) is 11.7 Å². The van der Waals surface area contributed by atoms with Crippen LogP contribution in [0.4, 0.5) is 10.1 Å². The summed E-state index contributed by atoms with van der Waals surface area (Å²) in [4.78, 5) is 22.5. The number of hydrogen-bond acceptors (Lipinski definition) is 3. The zero-order valence-electron chi connectivity index (χ0n) is 10.6. The monoisotopic (exact) mass is 268 g/mol. The predicted octanol–water partition coefficient (Wildman–Crippen LogP) is 1.84. The number of nitrogens with one attached hydrogen (secondary N) is 1. The molecule has 19 heavy (non-hydrogen) atoms. The number of rotatable bonds is 6. The lowest BCUT2D eigenvalue weighted by molar-refractivity contribution is -0.117. The van der Waals surface area contributed by atoms with E-state index in [0.29, 0.717) is 6.54 Å². The summed E-state index contributed by atoms with van der Waals surface area (Å²) in [6.45, 7) is 2.29. The summed E-state index contributed by atoms with van der Waals surface area (Å²) in [5.74, 6) is -2.19. The molecule has 6 heteroatoms. The topological polar surface area (TPSA) is 92.4 Å². The molecule has 1 unspecified atom stereocenters. The Morgan fingerprint density at radius 3 is 2.68 bits per heavy atom. The normalized spacial score (nSPS) is 11.9. The summed E-state index contributed by atoms with van der Waals surface area (Å²) in [5.41, 5.74) is 5.28. The molecule has 0 heterocycles. The van der Waals surface area contributed by atoms with E-state index in [-0.39, 0.29) is 29.5 Å². The molecule has 0 spiro atoms. The number of halogens is 1. The first-order valence-corrected chi connectivity index (χ1v) is 6.00. The third-order valence-electron chi connectivity index (χ3n) is 2.87. The van der Waals surface area contributed by atoms with Gasteiger partial charge in [-0.25, -0.2) is 9.18 Å². The Hall–Kier alpha value is -1.95. The largest absolute Gasteiger partial charge is 0.478 e. The Morgan fingerprint density at radius 2 is 2.16 bits per heavy atom. The zero-order valence-corrected chi connectivity index (χ0v) is 10.6. The van der Waals surface area contributed by atoms with Crippen molar-refractivity contribution in [3.63, 3.8) is 0 Å². The molecule has 0 fully saturated rings. The van der Waals surface area contributed by atoms with Gasteiger partial charge in [-0.15, -0.1) is 0 Å². The summed E-state index contributed by atoms with van der Waals surface area (Å²) >= 11 is 0. The molecular weight excluding hydrogens is 251 g/mol. The van der Waals surface area contributed by atoms with Crippen molar-refractivity contribution < 1.29 is 19.1 Å². The molecule has 1 atom stereocenters. The second-order valence-electron chi connectivity index (χ2n) is 4.26. The summed E-state index contributed by atoms with van der Waals surface area (Å²) < 4.78 is 13.5. The Balaban J connectivity index is 2.78. The molecule has 1 amide bonds. The number of benzene rings is 1. The molecule has 0 bridgehead atoms. The van der Waals surface area contributed by atoms with Gasteiger partial charge in [-0.1, -0.05) is 13.3 Å². The number of aromatic carboxylic acids is 1. The average Bonchev–Trinajstić information content (AvgIpc) is 2.38. The number of carboxylic acid groups (broad SMARTS) is 1. The number of carbonyl (C=O) groups excluding carboxylic acids is 1. The van der Waals surface area contributed by atoms with E-state index in [9.17, 15) is 14.0 Å². The minimum absolute atomic E-state index is 0.0331. The molecule has 0 aliphatic rings. The molecule has 104 valence electrons. The number of carboxylic acids is 1. The SMILES string of the molecule is CCC(CN)CC(=O)Nc1cc(C(=O)O)ccc1F. The number of amides is 1. The maximum absolute atomic E-state index is 13.5. The van der Waals surface area contributed by atoms with Crippen molar-refractivity contribution in [2.75, 3.05) is 11.9 Å². The highest BCUT2D eigenvalue weighted by molar-refractivity contribution is 5.94. The van der Waals surface area contributed by atoms with Gasteiger partial charge in [0.15, 0.2) is 0 Å². The second kappa shape index (κ2) is 6.84. The van der Waals surface area contributed by atoms with Crippen LogP contribution in [0.1, 0.15) is 30.1 Å². The molecule has 0 aliphatic carbocycles. The van der Waals surface area contributed by atoms with Gasteiger partial charge in [0.2, 0.25) is 5.91 Å². The first-order valence-electron chi connectivity index (χ1n) is 6.00. The third-order valence-corrected chi connectivity index (χ3v) is 2.87. The minimum Gasteiger partial charge on any atom is -0.478 e. The van der Waals surface area contributed by atoms with Crippen LogP contribution in [-0.2, 0) is 4.79 Å². The van der Waals surface area contributed by atoms with Crippen LogP contribution >= 0.6 is 0 Å². The van der Waals surface area contributed by atoms with Crippen molar-refractivity contribution in [1.82, 2.24) is 0 Å². The van der Waals surface area contributed by atoms with Gasteiger partial charge >= 0.3 is 5.97 Å². The van der Waals surface area contributed by atoms with E-state index in [0.717, 1.165) is 24.6 Å². The Morgan fingerprint density at radius 1 is 1.47 bits per heavy atom. The van der Waals surface area contributed by atoms with Gasteiger partial charge < -0.3 is 16.2 Å². The van der Waals surface area contributed by atoms with E-state index < -0.39 is 11.8 Å². The van der Waals surface area contributed by atoms with Gasteiger partial charge in [0.25, 0.3) is 0 Å². The Bertz CT molecular complexity index is 473. The fourth-order valence-corrected chi connectivity index (χ4v) is 1.61. The number of hydrogen-bond donors (Lipinski definition) is 3. The second-order valence-corrected chi connectivity index (χ2v) is 4.26. The van der Waals surface area contributed by atoms with Crippen LogP contribution < -0.4 is 11.1 Å². The van der Waals surface area contributed by atoms with E-state index in [2.05, 4.69) is 5.32 Å². The van der Waals surface area contributed by atoms with E-state index >= 15 is 0 Å². The molecule has 4 N–H and O–H groups in total. The Kier molecular flexibility index (Phi) is 5.44. The van der Waals surface area contributed by atoms with Crippen LogP contribution in [0.5, 0.6) is 0 Å². The van der Waals surface area contributed by atoms with Crippen molar-refractivity contribution in [2.45, 2.75) is 19.8 Å². The van der Waals surface area contributed by atoms with E-state index in [4.69, 9.17) is 10.8 Å². The van der Waals surface area contributed by atoms with Crippen LogP contribution in [0.2, 0.25) is 0 Å². The van der Waals surface area contributed by atoms with Gasteiger partial charge in [0, 0.05) is 6.42 Å². The number of nitrogens with two attached hydrogens (primary N) is 1. The molecule has 1 aromatic carbocycles. The van der Waals surface area contributed by atoms with Gasteiger partial charge in [-0.05, 0) is 30.7 Å².